The molecular formula is C22H31NO4. The monoisotopic (exact) mass is 373 g/mol. The summed E-state index contributed by atoms with van der Waals surface area (Å²) in [6, 6.07) is 2.44. The first-order chi connectivity index (χ1) is 12.8. The Labute approximate surface area is 161 Å². The molecule has 1 aliphatic heterocycles. The third-order valence-electron chi connectivity index (χ3n) is 9.30. The van der Waals surface area contributed by atoms with E-state index in [9.17, 15) is 15.5 Å². The van der Waals surface area contributed by atoms with Gasteiger partial charge in [-0.3, -0.25) is 0 Å². The first-order valence-electron chi connectivity index (χ1n) is 10.6. The maximum Gasteiger partial charge on any atom is 0.188 e. The smallest absolute Gasteiger partial charge is 0.188 e. The summed E-state index contributed by atoms with van der Waals surface area (Å²) in [7, 11) is 0. The van der Waals surface area contributed by atoms with Gasteiger partial charge in [-0.15, -0.1) is 0 Å². The fourth-order valence-electron chi connectivity index (χ4n) is 7.50. The summed E-state index contributed by atoms with van der Waals surface area (Å²) >= 11 is 0. The van der Waals surface area contributed by atoms with Crippen molar-refractivity contribution < 1.29 is 19.7 Å². The topological polar surface area (TPSA) is 82.7 Å². The van der Waals surface area contributed by atoms with Gasteiger partial charge in [0.2, 0.25) is 0 Å². The summed E-state index contributed by atoms with van der Waals surface area (Å²) in [5.74, 6) is -0.694. The summed E-state index contributed by atoms with van der Waals surface area (Å²) < 4.78 is 11.9. The Balaban J connectivity index is 1.55. The zero-order valence-electron chi connectivity index (χ0n) is 16.4. The molecule has 1 saturated heterocycles. The zero-order valence-corrected chi connectivity index (χ0v) is 16.4. The molecule has 2 N–H and O–H groups in total. The van der Waals surface area contributed by atoms with Crippen molar-refractivity contribution in [3.63, 3.8) is 0 Å². The summed E-state index contributed by atoms with van der Waals surface area (Å²) in [5.41, 5.74) is -0.121. The minimum atomic E-state index is -0.823. The predicted molar refractivity (Wildman–Crippen MR) is 98.3 cm³/mol. The van der Waals surface area contributed by atoms with Crippen LogP contribution in [0.1, 0.15) is 58.8 Å². The number of rotatable bonds is 0. The molecular weight excluding hydrogens is 342 g/mol. The van der Waals surface area contributed by atoms with Gasteiger partial charge in [0.15, 0.2) is 5.79 Å². The molecule has 0 aromatic rings. The molecule has 0 radical (unpaired) electrons. The highest BCUT2D eigenvalue weighted by Gasteiger charge is 2.68. The van der Waals surface area contributed by atoms with Crippen LogP contribution >= 0.6 is 0 Å². The molecule has 0 aromatic heterocycles. The van der Waals surface area contributed by atoms with Gasteiger partial charge in [-0.05, 0) is 55.8 Å². The quantitative estimate of drug-likeness (QED) is 0.638. The van der Waals surface area contributed by atoms with Crippen molar-refractivity contribution in [2.45, 2.75) is 76.3 Å². The lowest BCUT2D eigenvalue weighted by molar-refractivity contribution is -0.238. The number of nitrogens with zero attached hydrogens (tertiary/aromatic N) is 1. The molecule has 5 nitrogen and oxygen atoms in total. The van der Waals surface area contributed by atoms with E-state index >= 15 is 0 Å². The van der Waals surface area contributed by atoms with Crippen LogP contribution in [0.5, 0.6) is 0 Å². The van der Waals surface area contributed by atoms with Gasteiger partial charge in [-0.1, -0.05) is 25.5 Å². The van der Waals surface area contributed by atoms with Gasteiger partial charge in [-0.25, -0.2) is 0 Å². The van der Waals surface area contributed by atoms with Crippen LogP contribution < -0.4 is 0 Å². The molecule has 1 spiro atoms. The Bertz CT molecular complexity index is 722. The van der Waals surface area contributed by atoms with E-state index in [0.717, 1.165) is 25.7 Å². The lowest BCUT2D eigenvalue weighted by Gasteiger charge is -2.63. The maximum absolute atomic E-state index is 12.1. The number of fused-ring (bicyclic) bond motifs is 5. The highest BCUT2D eigenvalue weighted by molar-refractivity contribution is 5.33. The van der Waals surface area contributed by atoms with Crippen molar-refractivity contribution in [1.29, 1.82) is 5.26 Å². The zero-order chi connectivity index (χ0) is 19.1. The normalized spacial score (nSPS) is 53.2. The molecule has 148 valence electrons. The first kappa shape index (κ1) is 18.1. The molecule has 5 aliphatic rings. The molecule has 0 aromatic carbocycles. The number of allylic oxidation sites excluding steroid dienone is 1. The lowest BCUT2D eigenvalue weighted by Crippen LogP contribution is -2.65. The Kier molecular flexibility index (Phi) is 3.74. The van der Waals surface area contributed by atoms with Gasteiger partial charge < -0.3 is 19.7 Å². The van der Waals surface area contributed by atoms with Gasteiger partial charge in [0, 0.05) is 11.8 Å². The van der Waals surface area contributed by atoms with Crippen LogP contribution in [0.15, 0.2) is 11.6 Å². The van der Waals surface area contributed by atoms with Crippen molar-refractivity contribution in [2.24, 2.45) is 28.6 Å². The van der Waals surface area contributed by atoms with Crippen LogP contribution in [-0.4, -0.2) is 40.9 Å². The van der Waals surface area contributed by atoms with E-state index in [1.807, 2.05) is 0 Å². The third-order valence-corrected chi connectivity index (χ3v) is 9.30. The Morgan fingerprint density at radius 3 is 2.59 bits per heavy atom. The number of aliphatic hydroxyl groups is 2. The number of aliphatic hydroxyl groups excluding tert-OH is 1. The molecule has 5 heteroatoms. The van der Waals surface area contributed by atoms with Crippen LogP contribution in [-0.2, 0) is 9.47 Å². The number of nitriles is 1. The molecule has 1 unspecified atom stereocenters. The van der Waals surface area contributed by atoms with Crippen LogP contribution in [0.2, 0.25) is 0 Å². The van der Waals surface area contributed by atoms with Crippen LogP contribution in [0.4, 0.5) is 0 Å². The van der Waals surface area contributed by atoms with Gasteiger partial charge in [-0.2, -0.15) is 5.26 Å². The van der Waals surface area contributed by atoms with Gasteiger partial charge in [0.05, 0.1) is 31.0 Å². The molecule has 0 bridgehead atoms. The number of hydrogen-bond donors (Lipinski definition) is 2. The fraction of sp³-hybridized carbons (Fsp3) is 0.864. The van der Waals surface area contributed by atoms with Crippen molar-refractivity contribution >= 4 is 0 Å². The number of hydrogen-bond acceptors (Lipinski definition) is 5. The van der Waals surface area contributed by atoms with Gasteiger partial charge >= 0.3 is 0 Å². The predicted octanol–water partition coefficient (Wildman–Crippen LogP) is 2.92. The Morgan fingerprint density at radius 1 is 1.15 bits per heavy atom. The van der Waals surface area contributed by atoms with E-state index in [2.05, 4.69) is 26.0 Å². The Morgan fingerprint density at radius 2 is 1.89 bits per heavy atom. The largest absolute Gasteiger partial charge is 0.393 e. The summed E-state index contributed by atoms with van der Waals surface area (Å²) in [6.45, 7) is 5.44. The average Bonchev–Trinajstić information content (AvgIpc) is 3.22. The molecule has 27 heavy (non-hydrogen) atoms. The average molecular weight is 373 g/mol. The standard InChI is InChI=1S/C22H31NO4/c1-19-7-8-21(25)17(16(19)5-6-18(19)24)4-3-14-12-22(26-9-10-27-22)15(13-23)11-20(14,21)2/h3,15-18,24-25H,4-12H2,1-2H3/t15?,16-,17-,18+,19-,20-,21+/m0/s1. The first-order valence-corrected chi connectivity index (χ1v) is 10.6. The van der Waals surface area contributed by atoms with Crippen molar-refractivity contribution in [1.82, 2.24) is 0 Å². The second-order valence-electron chi connectivity index (χ2n) is 10.1. The van der Waals surface area contributed by atoms with Crippen molar-refractivity contribution in [2.75, 3.05) is 13.2 Å². The SMILES string of the molecule is C[C@]12CC[C@@]3(O)[C@@H](CC=C4CC5(OCCO5)C(C#N)C[C@@]43C)[C@@H]1CC[C@H]2O. The van der Waals surface area contributed by atoms with Crippen LogP contribution in [0.25, 0.3) is 0 Å². The second kappa shape index (κ2) is 5.57. The van der Waals surface area contributed by atoms with Crippen LogP contribution in [0.3, 0.4) is 0 Å². The second-order valence-corrected chi connectivity index (χ2v) is 10.1. The highest BCUT2D eigenvalue weighted by Crippen LogP contribution is 2.68. The Hall–Kier alpha value is -0.930. The molecule has 1 heterocycles. The summed E-state index contributed by atoms with van der Waals surface area (Å²) in [5, 5.41) is 32.6. The van der Waals surface area contributed by atoms with E-state index in [1.54, 1.807) is 0 Å². The molecule has 5 rings (SSSR count). The highest BCUT2D eigenvalue weighted by atomic mass is 16.7. The minimum absolute atomic E-state index is 0.0825. The van der Waals surface area contributed by atoms with Gasteiger partial charge in [0.25, 0.3) is 0 Å². The number of ether oxygens (including phenoxy) is 2. The van der Waals surface area contributed by atoms with Crippen molar-refractivity contribution in [3.8, 4) is 6.07 Å². The minimum Gasteiger partial charge on any atom is -0.393 e. The third kappa shape index (κ3) is 2.08. The summed E-state index contributed by atoms with van der Waals surface area (Å²) in [4.78, 5) is 0. The van der Waals surface area contributed by atoms with E-state index in [4.69, 9.17) is 9.47 Å². The van der Waals surface area contributed by atoms with E-state index < -0.39 is 16.8 Å². The van der Waals surface area contributed by atoms with E-state index in [1.165, 1.54) is 5.57 Å². The molecule has 4 fully saturated rings. The van der Waals surface area contributed by atoms with E-state index in [0.29, 0.717) is 38.4 Å². The molecule has 3 saturated carbocycles. The lowest BCUT2D eigenvalue weighted by atomic mass is 9.44. The molecule has 7 atom stereocenters. The fourth-order valence-corrected chi connectivity index (χ4v) is 7.50. The maximum atomic E-state index is 12.1. The van der Waals surface area contributed by atoms with E-state index in [-0.39, 0.29) is 23.4 Å². The van der Waals surface area contributed by atoms with Crippen LogP contribution in [0, 0.1) is 39.9 Å². The van der Waals surface area contributed by atoms with Gasteiger partial charge in [0.1, 0.15) is 5.92 Å². The van der Waals surface area contributed by atoms with Crippen molar-refractivity contribution in [3.05, 3.63) is 11.6 Å². The summed E-state index contributed by atoms with van der Waals surface area (Å²) in [6.07, 6.45) is 7.43. The molecule has 0 amide bonds. The molecule has 4 aliphatic carbocycles.